The van der Waals surface area contributed by atoms with E-state index in [9.17, 15) is 4.79 Å². The lowest BCUT2D eigenvalue weighted by Crippen LogP contribution is -2.50. The average Bonchev–Trinajstić information content (AvgIpc) is 2.97. The number of nitrogens with zero attached hydrogens (tertiary/aromatic N) is 1. The number of ether oxygens (including phenoxy) is 1. The Kier molecular flexibility index (Phi) is 3.66. The van der Waals surface area contributed by atoms with Gasteiger partial charge in [-0.3, -0.25) is 0 Å². The van der Waals surface area contributed by atoms with Gasteiger partial charge in [0.25, 0.3) is 0 Å². The second-order valence-electron chi connectivity index (χ2n) is 4.76. The lowest BCUT2D eigenvalue weighted by Gasteiger charge is -2.28. The summed E-state index contributed by atoms with van der Waals surface area (Å²) in [4.78, 5) is 13.7. The molecule has 0 aromatic rings. The van der Waals surface area contributed by atoms with E-state index < -0.39 is 0 Å². The molecule has 2 aliphatic rings. The molecule has 1 saturated heterocycles. The fourth-order valence-electron chi connectivity index (χ4n) is 2.22. The molecule has 92 valence electrons. The number of urea groups is 1. The summed E-state index contributed by atoms with van der Waals surface area (Å²) in [5, 5.41) is 2.98. The predicted octanol–water partition coefficient (Wildman–Crippen LogP) is 0.154. The zero-order chi connectivity index (χ0) is 11.5. The molecule has 2 atom stereocenters. The van der Waals surface area contributed by atoms with Crippen LogP contribution in [-0.4, -0.2) is 49.8 Å². The number of hydrogen-bond donors (Lipinski definition) is 2. The summed E-state index contributed by atoms with van der Waals surface area (Å²) in [5.74, 6) is 0.612. The molecule has 1 aliphatic heterocycles. The van der Waals surface area contributed by atoms with Crippen LogP contribution in [-0.2, 0) is 4.74 Å². The number of carbonyl (C=O) groups excluding carboxylic acids is 1. The third-order valence-corrected chi connectivity index (χ3v) is 3.48. The highest BCUT2D eigenvalue weighted by Crippen LogP contribution is 2.34. The van der Waals surface area contributed by atoms with Crippen molar-refractivity contribution in [3.63, 3.8) is 0 Å². The van der Waals surface area contributed by atoms with Gasteiger partial charge in [0.05, 0.1) is 12.6 Å². The van der Waals surface area contributed by atoms with Crippen molar-refractivity contribution in [3.8, 4) is 0 Å². The van der Waals surface area contributed by atoms with E-state index in [2.05, 4.69) is 5.32 Å². The van der Waals surface area contributed by atoms with Crippen molar-refractivity contribution in [1.29, 1.82) is 0 Å². The highest BCUT2D eigenvalue weighted by molar-refractivity contribution is 5.74. The Balaban J connectivity index is 1.82. The summed E-state index contributed by atoms with van der Waals surface area (Å²) >= 11 is 0. The van der Waals surface area contributed by atoms with E-state index in [1.165, 1.54) is 12.8 Å². The summed E-state index contributed by atoms with van der Waals surface area (Å²) in [7, 11) is 1.83. The predicted molar refractivity (Wildman–Crippen MR) is 61.1 cm³/mol. The zero-order valence-corrected chi connectivity index (χ0v) is 9.82. The maximum absolute atomic E-state index is 11.9. The van der Waals surface area contributed by atoms with Crippen molar-refractivity contribution in [2.45, 2.75) is 31.3 Å². The minimum absolute atomic E-state index is 0.0159. The van der Waals surface area contributed by atoms with Crippen molar-refractivity contribution >= 4 is 6.03 Å². The van der Waals surface area contributed by atoms with Crippen LogP contribution in [0.25, 0.3) is 0 Å². The monoisotopic (exact) mass is 227 g/mol. The minimum Gasteiger partial charge on any atom is -0.379 e. The lowest BCUT2D eigenvalue weighted by atomic mass is 10.1. The number of hydrogen-bond acceptors (Lipinski definition) is 3. The van der Waals surface area contributed by atoms with E-state index in [-0.39, 0.29) is 18.1 Å². The zero-order valence-electron chi connectivity index (χ0n) is 9.82. The Labute approximate surface area is 96.3 Å². The minimum atomic E-state index is -0.0159. The molecule has 2 unspecified atom stereocenters. The van der Waals surface area contributed by atoms with Crippen LogP contribution >= 0.6 is 0 Å². The summed E-state index contributed by atoms with van der Waals surface area (Å²) in [6.45, 7) is 1.93. The third-order valence-electron chi connectivity index (χ3n) is 3.48. The molecule has 0 spiro atoms. The number of nitrogens with two attached hydrogens (primary N) is 1. The number of carbonyl (C=O) groups is 1. The smallest absolute Gasteiger partial charge is 0.317 e. The van der Waals surface area contributed by atoms with Gasteiger partial charge in [0.15, 0.2) is 0 Å². The molecule has 1 saturated carbocycles. The van der Waals surface area contributed by atoms with Crippen LogP contribution in [0.15, 0.2) is 0 Å². The van der Waals surface area contributed by atoms with Gasteiger partial charge in [-0.25, -0.2) is 4.79 Å². The maximum atomic E-state index is 11.9. The maximum Gasteiger partial charge on any atom is 0.317 e. The second-order valence-corrected chi connectivity index (χ2v) is 4.76. The molecule has 1 heterocycles. The highest BCUT2D eigenvalue weighted by atomic mass is 16.5. The first-order valence-corrected chi connectivity index (χ1v) is 6.03. The van der Waals surface area contributed by atoms with E-state index in [0.717, 1.165) is 13.0 Å². The molecule has 0 bridgehead atoms. The normalized spacial score (nSPS) is 26.5. The van der Waals surface area contributed by atoms with Gasteiger partial charge in [-0.1, -0.05) is 0 Å². The van der Waals surface area contributed by atoms with Gasteiger partial charge in [0, 0.05) is 26.2 Å². The van der Waals surface area contributed by atoms with Crippen molar-refractivity contribution in [3.05, 3.63) is 0 Å². The van der Waals surface area contributed by atoms with E-state index in [4.69, 9.17) is 10.5 Å². The molecule has 3 N–H and O–H groups in total. The molecule has 0 radical (unpaired) electrons. The topological polar surface area (TPSA) is 67.6 Å². The van der Waals surface area contributed by atoms with Crippen molar-refractivity contribution in [2.24, 2.45) is 11.7 Å². The SMILES string of the molecule is CN(C(=O)NC1CCOC1)C(CN)C1CC1. The van der Waals surface area contributed by atoms with Crippen molar-refractivity contribution < 1.29 is 9.53 Å². The quantitative estimate of drug-likeness (QED) is 0.718. The van der Waals surface area contributed by atoms with Crippen LogP contribution in [0.4, 0.5) is 4.79 Å². The molecular formula is C11H21N3O2. The summed E-state index contributed by atoms with van der Waals surface area (Å²) < 4.78 is 5.23. The van der Waals surface area contributed by atoms with Gasteiger partial charge in [-0.15, -0.1) is 0 Å². The molecule has 2 amide bonds. The fraction of sp³-hybridized carbons (Fsp3) is 0.909. The van der Waals surface area contributed by atoms with E-state index in [0.29, 0.717) is 19.1 Å². The molecule has 2 rings (SSSR count). The van der Waals surface area contributed by atoms with Crippen LogP contribution in [0, 0.1) is 5.92 Å². The van der Waals surface area contributed by atoms with Gasteiger partial charge in [-0.2, -0.15) is 0 Å². The van der Waals surface area contributed by atoms with E-state index in [1.807, 2.05) is 7.05 Å². The molecule has 0 aromatic heterocycles. The van der Waals surface area contributed by atoms with Crippen LogP contribution in [0.2, 0.25) is 0 Å². The van der Waals surface area contributed by atoms with Crippen LogP contribution in [0.5, 0.6) is 0 Å². The Morgan fingerprint density at radius 2 is 2.31 bits per heavy atom. The summed E-state index contributed by atoms with van der Waals surface area (Å²) in [6.07, 6.45) is 3.31. The van der Waals surface area contributed by atoms with Crippen molar-refractivity contribution in [1.82, 2.24) is 10.2 Å². The number of nitrogens with one attached hydrogen (secondary N) is 1. The van der Waals surface area contributed by atoms with Gasteiger partial charge >= 0.3 is 6.03 Å². The lowest BCUT2D eigenvalue weighted by molar-refractivity contribution is 0.170. The first-order valence-electron chi connectivity index (χ1n) is 6.03. The third kappa shape index (κ3) is 2.65. The summed E-state index contributed by atoms with van der Waals surface area (Å²) in [6, 6.07) is 0.354. The summed E-state index contributed by atoms with van der Waals surface area (Å²) in [5.41, 5.74) is 5.71. The molecule has 16 heavy (non-hydrogen) atoms. The fourth-order valence-corrected chi connectivity index (χ4v) is 2.22. The Bertz CT molecular complexity index is 250. The number of likely N-dealkylation sites (N-methyl/N-ethyl adjacent to an activating group) is 1. The van der Waals surface area contributed by atoms with Crippen molar-refractivity contribution in [2.75, 3.05) is 26.8 Å². The Morgan fingerprint density at radius 1 is 1.56 bits per heavy atom. The molecule has 0 aromatic carbocycles. The van der Waals surface area contributed by atoms with E-state index >= 15 is 0 Å². The molecular weight excluding hydrogens is 206 g/mol. The largest absolute Gasteiger partial charge is 0.379 e. The highest BCUT2D eigenvalue weighted by Gasteiger charge is 2.35. The molecule has 2 fully saturated rings. The Hall–Kier alpha value is -0.810. The van der Waals surface area contributed by atoms with E-state index in [1.54, 1.807) is 4.90 Å². The van der Waals surface area contributed by atoms with Gasteiger partial charge in [0.2, 0.25) is 0 Å². The van der Waals surface area contributed by atoms with Gasteiger partial charge < -0.3 is 20.7 Å². The van der Waals surface area contributed by atoms with Gasteiger partial charge in [0.1, 0.15) is 0 Å². The second kappa shape index (κ2) is 5.01. The van der Waals surface area contributed by atoms with Crippen LogP contribution in [0.1, 0.15) is 19.3 Å². The van der Waals surface area contributed by atoms with Crippen LogP contribution in [0.3, 0.4) is 0 Å². The number of amides is 2. The molecule has 5 heteroatoms. The van der Waals surface area contributed by atoms with Gasteiger partial charge in [-0.05, 0) is 25.2 Å². The molecule has 5 nitrogen and oxygen atoms in total. The first-order chi connectivity index (χ1) is 7.72. The number of rotatable bonds is 4. The standard InChI is InChI=1S/C11H21N3O2/c1-14(10(6-12)8-2-3-8)11(15)13-9-4-5-16-7-9/h8-10H,2-7,12H2,1H3,(H,13,15). The first kappa shape index (κ1) is 11.7. The van der Waals surface area contributed by atoms with Crippen LogP contribution < -0.4 is 11.1 Å². The average molecular weight is 227 g/mol. The molecule has 1 aliphatic carbocycles. The Morgan fingerprint density at radius 3 is 2.81 bits per heavy atom.